The predicted molar refractivity (Wildman–Crippen MR) is 107 cm³/mol. The van der Waals surface area contributed by atoms with Crippen molar-refractivity contribution in [2.45, 2.75) is 78.1 Å². The Morgan fingerprint density at radius 3 is 0.958 bits per heavy atom. The summed E-state index contributed by atoms with van der Waals surface area (Å²) >= 11 is 0. The van der Waals surface area contributed by atoms with E-state index < -0.39 is 0 Å². The van der Waals surface area contributed by atoms with Gasteiger partial charge in [0.05, 0.1) is 0 Å². The van der Waals surface area contributed by atoms with E-state index in [2.05, 4.69) is 104 Å². The van der Waals surface area contributed by atoms with Crippen molar-refractivity contribution >= 4 is 0 Å². The zero-order chi connectivity index (χ0) is 18.1. The normalized spacial score (nSPS) is 15.2. The molecule has 0 saturated carbocycles. The van der Waals surface area contributed by atoms with Gasteiger partial charge < -0.3 is 0 Å². The van der Waals surface area contributed by atoms with E-state index in [-0.39, 0.29) is 10.8 Å². The highest BCUT2D eigenvalue weighted by molar-refractivity contribution is 5.34. The van der Waals surface area contributed by atoms with Crippen LogP contribution in [0.15, 0.2) is 48.5 Å². The summed E-state index contributed by atoms with van der Waals surface area (Å²) in [7, 11) is 0. The van der Waals surface area contributed by atoms with Gasteiger partial charge in [0.15, 0.2) is 0 Å². The van der Waals surface area contributed by atoms with E-state index in [1.165, 1.54) is 22.3 Å². The van der Waals surface area contributed by atoms with Crippen LogP contribution in [-0.2, 0) is 10.8 Å². The standard InChI is InChI=1S/C24H34/c1-17(19-9-13-21(14-10-19)23(3,4)5)18(2)20-11-15-22(16-12-20)24(6,7)8/h9-18H,1-8H3/t17-,18-/m1/s1. The number of hydrogen-bond acceptors (Lipinski definition) is 0. The molecule has 24 heavy (non-hydrogen) atoms. The molecule has 0 N–H and O–H groups in total. The maximum atomic E-state index is 2.34. The second-order valence-corrected chi connectivity index (χ2v) is 9.32. The molecule has 0 bridgehead atoms. The zero-order valence-electron chi connectivity index (χ0n) is 16.8. The third kappa shape index (κ3) is 4.29. The number of hydrogen-bond donors (Lipinski definition) is 0. The minimum absolute atomic E-state index is 0.218. The summed E-state index contributed by atoms with van der Waals surface area (Å²) in [5, 5.41) is 0. The molecule has 0 saturated heterocycles. The molecule has 2 aromatic rings. The van der Waals surface area contributed by atoms with Gasteiger partial charge >= 0.3 is 0 Å². The summed E-state index contributed by atoms with van der Waals surface area (Å²) in [5.74, 6) is 1.03. The maximum Gasteiger partial charge on any atom is -0.0124 e. The molecule has 0 fully saturated rings. The molecule has 0 aliphatic heterocycles. The van der Waals surface area contributed by atoms with Gasteiger partial charge in [-0.3, -0.25) is 0 Å². The Hall–Kier alpha value is -1.56. The maximum absolute atomic E-state index is 2.34. The third-order valence-corrected chi connectivity index (χ3v) is 5.35. The average Bonchev–Trinajstić information content (AvgIpc) is 2.52. The summed E-state index contributed by atoms with van der Waals surface area (Å²) in [6.45, 7) is 18.3. The lowest BCUT2D eigenvalue weighted by Crippen LogP contribution is -2.12. The van der Waals surface area contributed by atoms with Crippen molar-refractivity contribution in [2.75, 3.05) is 0 Å². The lowest BCUT2D eigenvalue weighted by molar-refractivity contribution is 0.584. The van der Waals surface area contributed by atoms with Crippen molar-refractivity contribution in [1.29, 1.82) is 0 Å². The molecular weight excluding hydrogens is 288 g/mol. The molecule has 0 aliphatic rings. The fourth-order valence-electron chi connectivity index (χ4n) is 3.15. The van der Waals surface area contributed by atoms with Crippen LogP contribution in [0, 0.1) is 0 Å². The molecule has 0 aromatic heterocycles. The molecule has 0 amide bonds. The molecule has 130 valence electrons. The molecular formula is C24H34. The summed E-state index contributed by atoms with van der Waals surface area (Å²) in [4.78, 5) is 0. The lowest BCUT2D eigenvalue weighted by atomic mass is 9.80. The largest absolute Gasteiger partial charge is 0.0585 e. The smallest absolute Gasteiger partial charge is 0.0124 e. The van der Waals surface area contributed by atoms with Crippen LogP contribution in [0.4, 0.5) is 0 Å². The third-order valence-electron chi connectivity index (χ3n) is 5.35. The van der Waals surface area contributed by atoms with Gasteiger partial charge in [-0.2, -0.15) is 0 Å². The van der Waals surface area contributed by atoms with Crippen molar-refractivity contribution in [1.82, 2.24) is 0 Å². The number of benzene rings is 2. The van der Waals surface area contributed by atoms with E-state index in [1.54, 1.807) is 0 Å². The lowest BCUT2D eigenvalue weighted by Gasteiger charge is -2.24. The SMILES string of the molecule is C[C@@H](c1ccc(C(C)(C)C)cc1)[C@@H](C)c1ccc(C(C)(C)C)cc1. The monoisotopic (exact) mass is 322 g/mol. The molecule has 0 spiro atoms. The van der Waals surface area contributed by atoms with Gasteiger partial charge in [-0.1, -0.05) is 104 Å². The van der Waals surface area contributed by atoms with E-state index in [9.17, 15) is 0 Å². The Bertz CT molecular complexity index is 584. The van der Waals surface area contributed by atoms with Crippen LogP contribution >= 0.6 is 0 Å². The molecule has 0 heterocycles. The van der Waals surface area contributed by atoms with Gasteiger partial charge in [0.1, 0.15) is 0 Å². The van der Waals surface area contributed by atoms with Crippen molar-refractivity contribution in [3.8, 4) is 0 Å². The van der Waals surface area contributed by atoms with Crippen molar-refractivity contribution < 1.29 is 0 Å². The number of rotatable bonds is 3. The van der Waals surface area contributed by atoms with Crippen molar-refractivity contribution in [3.63, 3.8) is 0 Å². The Morgan fingerprint density at radius 2 is 0.750 bits per heavy atom. The molecule has 0 nitrogen and oxygen atoms in total. The molecule has 2 rings (SSSR count). The highest BCUT2D eigenvalue weighted by Gasteiger charge is 2.19. The van der Waals surface area contributed by atoms with Gasteiger partial charge in [0, 0.05) is 0 Å². The molecule has 0 heteroatoms. The minimum atomic E-state index is 0.218. The second kappa shape index (κ2) is 6.75. The first-order valence-electron chi connectivity index (χ1n) is 9.21. The van der Waals surface area contributed by atoms with Gasteiger partial charge in [-0.15, -0.1) is 0 Å². The topological polar surface area (TPSA) is 0 Å². The van der Waals surface area contributed by atoms with Gasteiger partial charge in [0.2, 0.25) is 0 Å². The van der Waals surface area contributed by atoms with Crippen molar-refractivity contribution in [3.05, 3.63) is 70.8 Å². The zero-order valence-corrected chi connectivity index (χ0v) is 16.8. The Kier molecular flexibility index (Phi) is 5.28. The first-order chi connectivity index (χ1) is 11.0. The van der Waals surface area contributed by atoms with E-state index in [4.69, 9.17) is 0 Å². The molecule has 2 atom stereocenters. The van der Waals surface area contributed by atoms with Crippen LogP contribution < -0.4 is 0 Å². The van der Waals surface area contributed by atoms with Gasteiger partial charge in [-0.05, 0) is 44.9 Å². The van der Waals surface area contributed by atoms with E-state index in [1.807, 2.05) is 0 Å². The summed E-state index contributed by atoms with van der Waals surface area (Å²) in [6, 6.07) is 18.4. The van der Waals surface area contributed by atoms with E-state index in [0.29, 0.717) is 11.8 Å². The summed E-state index contributed by atoms with van der Waals surface area (Å²) in [6.07, 6.45) is 0. The molecule has 0 unspecified atom stereocenters. The highest BCUT2D eigenvalue weighted by atomic mass is 14.2. The van der Waals surface area contributed by atoms with Crippen LogP contribution in [0.25, 0.3) is 0 Å². The van der Waals surface area contributed by atoms with Gasteiger partial charge in [-0.25, -0.2) is 0 Å². The molecule has 0 aliphatic carbocycles. The van der Waals surface area contributed by atoms with Crippen LogP contribution in [0.3, 0.4) is 0 Å². The first kappa shape index (κ1) is 18.8. The van der Waals surface area contributed by atoms with Crippen LogP contribution in [-0.4, -0.2) is 0 Å². The van der Waals surface area contributed by atoms with Crippen LogP contribution in [0.2, 0.25) is 0 Å². The predicted octanol–water partition coefficient (Wildman–Crippen LogP) is 7.19. The first-order valence-corrected chi connectivity index (χ1v) is 9.21. The second-order valence-electron chi connectivity index (χ2n) is 9.32. The Labute approximate surface area is 149 Å². The highest BCUT2D eigenvalue weighted by Crippen LogP contribution is 2.34. The fourth-order valence-corrected chi connectivity index (χ4v) is 3.15. The summed E-state index contributed by atoms with van der Waals surface area (Å²) in [5.41, 5.74) is 6.10. The van der Waals surface area contributed by atoms with Crippen LogP contribution in [0.1, 0.15) is 89.5 Å². The van der Waals surface area contributed by atoms with Crippen LogP contribution in [0.5, 0.6) is 0 Å². The average molecular weight is 323 g/mol. The Balaban J connectivity index is 2.18. The minimum Gasteiger partial charge on any atom is -0.0585 e. The van der Waals surface area contributed by atoms with E-state index >= 15 is 0 Å². The summed E-state index contributed by atoms with van der Waals surface area (Å²) < 4.78 is 0. The molecule has 2 aromatic carbocycles. The van der Waals surface area contributed by atoms with Gasteiger partial charge in [0.25, 0.3) is 0 Å². The fraction of sp³-hybridized carbons (Fsp3) is 0.500. The van der Waals surface area contributed by atoms with E-state index in [0.717, 1.165) is 0 Å². The Morgan fingerprint density at radius 1 is 0.500 bits per heavy atom. The van der Waals surface area contributed by atoms with Crippen molar-refractivity contribution in [2.24, 2.45) is 0 Å². The molecule has 0 radical (unpaired) electrons. The quantitative estimate of drug-likeness (QED) is 0.561.